The van der Waals surface area contributed by atoms with Crippen LogP contribution in [0.3, 0.4) is 0 Å². The van der Waals surface area contributed by atoms with Crippen LogP contribution in [0.25, 0.3) is 0 Å². The molecule has 1 amide bonds. The summed E-state index contributed by atoms with van der Waals surface area (Å²) in [5, 5.41) is 3.05. The van der Waals surface area contributed by atoms with Gasteiger partial charge in [-0.15, -0.1) is 12.3 Å². The third-order valence-electron chi connectivity index (χ3n) is 3.72. The van der Waals surface area contributed by atoms with Crippen molar-refractivity contribution in [3.63, 3.8) is 0 Å². The fourth-order valence-electron chi connectivity index (χ4n) is 2.43. The normalized spacial score (nSPS) is 11.1. The Balaban J connectivity index is 2.29. The summed E-state index contributed by atoms with van der Waals surface area (Å²) in [4.78, 5) is 37.4. The molecular weight excluding hydrogens is 366 g/mol. The first-order valence-corrected chi connectivity index (χ1v) is 8.66. The number of carbonyl (C=O) groups excluding carboxylic acids is 3. The van der Waals surface area contributed by atoms with Crippen molar-refractivity contribution in [2.24, 2.45) is 0 Å². The van der Waals surface area contributed by atoms with Gasteiger partial charge in [0.05, 0.1) is 12.2 Å². The molecule has 0 aromatic heterocycles. The van der Waals surface area contributed by atoms with E-state index in [0.29, 0.717) is 10.6 Å². The summed E-state index contributed by atoms with van der Waals surface area (Å²) >= 11 is 5.85. The van der Waals surface area contributed by atoms with Crippen LogP contribution < -0.4 is 5.32 Å². The molecule has 2 rings (SSSR count). The van der Waals surface area contributed by atoms with Gasteiger partial charge in [0.1, 0.15) is 6.04 Å². The van der Waals surface area contributed by atoms with Crippen LogP contribution in [0.4, 0.5) is 0 Å². The van der Waals surface area contributed by atoms with Crippen LogP contribution in [-0.4, -0.2) is 30.3 Å². The van der Waals surface area contributed by atoms with Gasteiger partial charge in [-0.25, -0.2) is 4.79 Å². The molecule has 0 saturated heterocycles. The molecule has 2 aromatic carbocycles. The number of halogens is 1. The van der Waals surface area contributed by atoms with Crippen LogP contribution in [0.15, 0.2) is 48.5 Å². The topological polar surface area (TPSA) is 72.5 Å². The number of carbonyl (C=O) groups is 3. The Hall–Kier alpha value is -3.10. The van der Waals surface area contributed by atoms with E-state index in [0.717, 1.165) is 0 Å². The van der Waals surface area contributed by atoms with Gasteiger partial charge in [0, 0.05) is 22.6 Å². The molecule has 27 heavy (non-hydrogen) atoms. The summed E-state index contributed by atoms with van der Waals surface area (Å²) in [5.74, 6) is 0.804. The minimum Gasteiger partial charge on any atom is -0.464 e. The summed E-state index contributed by atoms with van der Waals surface area (Å²) in [6.07, 6.45) is 5.25. The van der Waals surface area contributed by atoms with Crippen molar-refractivity contribution >= 4 is 29.3 Å². The highest BCUT2D eigenvalue weighted by atomic mass is 35.5. The van der Waals surface area contributed by atoms with E-state index in [2.05, 4.69) is 11.2 Å². The zero-order chi connectivity index (χ0) is 19.8. The van der Waals surface area contributed by atoms with E-state index < -0.39 is 17.9 Å². The second-order valence-electron chi connectivity index (χ2n) is 5.57. The predicted octanol–water partition coefficient (Wildman–Crippen LogP) is 3.26. The summed E-state index contributed by atoms with van der Waals surface area (Å²) < 4.78 is 4.92. The van der Waals surface area contributed by atoms with Gasteiger partial charge in [-0.2, -0.15) is 0 Å². The second-order valence-corrected chi connectivity index (χ2v) is 6.00. The molecule has 1 N–H and O–H groups in total. The number of ether oxygens (including phenoxy) is 1. The number of hydrogen-bond donors (Lipinski definition) is 1. The average Bonchev–Trinajstić information content (AvgIpc) is 2.67. The largest absolute Gasteiger partial charge is 0.464 e. The number of benzene rings is 2. The van der Waals surface area contributed by atoms with E-state index in [1.54, 1.807) is 49.4 Å². The molecule has 0 aliphatic carbocycles. The Morgan fingerprint density at radius 2 is 1.74 bits per heavy atom. The molecule has 0 radical (unpaired) electrons. The van der Waals surface area contributed by atoms with Gasteiger partial charge < -0.3 is 10.1 Å². The average molecular weight is 384 g/mol. The maximum atomic E-state index is 12.8. The van der Waals surface area contributed by atoms with E-state index in [9.17, 15) is 14.4 Å². The standard InChI is InChI=1S/C21H18ClNO4/c1-3-7-18(21(26)27-4-2)23-20(25)17-9-6-5-8-16(17)19(24)14-10-12-15(22)13-11-14/h1,5-6,8-13,18H,4,7H2,2H3,(H,23,25). The third kappa shape index (κ3) is 5.19. The van der Waals surface area contributed by atoms with Crippen molar-refractivity contribution < 1.29 is 19.1 Å². The first-order chi connectivity index (χ1) is 13.0. The molecule has 0 saturated carbocycles. The van der Waals surface area contributed by atoms with Gasteiger partial charge in [-0.1, -0.05) is 29.8 Å². The molecule has 0 aliphatic heterocycles. The maximum Gasteiger partial charge on any atom is 0.329 e. The van der Waals surface area contributed by atoms with Crippen LogP contribution in [0.2, 0.25) is 5.02 Å². The molecule has 5 nitrogen and oxygen atoms in total. The zero-order valence-electron chi connectivity index (χ0n) is 14.7. The number of esters is 1. The number of rotatable bonds is 7. The number of ketones is 1. The van der Waals surface area contributed by atoms with Gasteiger partial charge >= 0.3 is 5.97 Å². The number of amides is 1. The molecule has 0 heterocycles. The highest BCUT2D eigenvalue weighted by molar-refractivity contribution is 6.30. The first kappa shape index (κ1) is 20.2. The van der Waals surface area contributed by atoms with Crippen LogP contribution >= 0.6 is 11.6 Å². The molecule has 6 heteroatoms. The molecule has 1 unspecified atom stereocenters. The number of terminal acetylenes is 1. The van der Waals surface area contributed by atoms with Crippen molar-refractivity contribution in [3.05, 3.63) is 70.2 Å². The van der Waals surface area contributed by atoms with Gasteiger partial charge in [0.15, 0.2) is 5.78 Å². The van der Waals surface area contributed by atoms with Gasteiger partial charge in [0.25, 0.3) is 5.91 Å². The van der Waals surface area contributed by atoms with E-state index in [-0.39, 0.29) is 29.9 Å². The van der Waals surface area contributed by atoms with E-state index in [4.69, 9.17) is 22.8 Å². The van der Waals surface area contributed by atoms with Gasteiger partial charge in [-0.05, 0) is 37.3 Å². The molecule has 0 spiro atoms. The highest BCUT2D eigenvalue weighted by Gasteiger charge is 2.24. The van der Waals surface area contributed by atoms with Crippen molar-refractivity contribution in [1.82, 2.24) is 5.32 Å². The SMILES string of the molecule is C#CCC(NC(=O)c1ccccc1C(=O)c1ccc(Cl)cc1)C(=O)OCC. The predicted molar refractivity (Wildman–Crippen MR) is 103 cm³/mol. The Kier molecular flexibility index (Phi) is 7.16. The number of nitrogens with one attached hydrogen (secondary N) is 1. The molecule has 0 bridgehead atoms. The molecule has 138 valence electrons. The van der Waals surface area contributed by atoms with Crippen LogP contribution in [-0.2, 0) is 9.53 Å². The lowest BCUT2D eigenvalue weighted by Gasteiger charge is -2.16. The van der Waals surface area contributed by atoms with Crippen molar-refractivity contribution in [2.45, 2.75) is 19.4 Å². The molecule has 0 aliphatic rings. The fraction of sp³-hybridized carbons (Fsp3) is 0.190. The fourth-order valence-corrected chi connectivity index (χ4v) is 2.55. The lowest BCUT2D eigenvalue weighted by atomic mass is 9.97. The summed E-state index contributed by atoms with van der Waals surface area (Å²) in [7, 11) is 0. The Morgan fingerprint density at radius 3 is 2.33 bits per heavy atom. The Bertz CT molecular complexity index is 884. The molecule has 1 atom stereocenters. The van der Waals surface area contributed by atoms with E-state index >= 15 is 0 Å². The summed E-state index contributed by atoms with van der Waals surface area (Å²) in [6, 6.07) is 11.7. The Morgan fingerprint density at radius 1 is 1.11 bits per heavy atom. The lowest BCUT2D eigenvalue weighted by Crippen LogP contribution is -2.42. The quantitative estimate of drug-likeness (QED) is 0.452. The lowest BCUT2D eigenvalue weighted by molar-refractivity contribution is -0.145. The second kappa shape index (κ2) is 9.56. The van der Waals surface area contributed by atoms with Crippen molar-refractivity contribution in [2.75, 3.05) is 6.61 Å². The Labute approximate surface area is 162 Å². The van der Waals surface area contributed by atoms with Crippen molar-refractivity contribution in [3.8, 4) is 12.3 Å². The molecular formula is C21H18ClNO4. The maximum absolute atomic E-state index is 12.8. The van der Waals surface area contributed by atoms with Gasteiger partial charge in [-0.3, -0.25) is 9.59 Å². The highest BCUT2D eigenvalue weighted by Crippen LogP contribution is 2.17. The van der Waals surface area contributed by atoms with Crippen LogP contribution in [0.5, 0.6) is 0 Å². The molecule has 0 fully saturated rings. The van der Waals surface area contributed by atoms with Crippen LogP contribution in [0, 0.1) is 12.3 Å². The number of hydrogen-bond acceptors (Lipinski definition) is 4. The first-order valence-electron chi connectivity index (χ1n) is 8.28. The summed E-state index contributed by atoms with van der Waals surface area (Å²) in [6.45, 7) is 1.83. The monoisotopic (exact) mass is 383 g/mol. The molecule has 2 aromatic rings. The van der Waals surface area contributed by atoms with Crippen molar-refractivity contribution in [1.29, 1.82) is 0 Å². The minimum absolute atomic E-state index is 0.0160. The zero-order valence-corrected chi connectivity index (χ0v) is 15.5. The van der Waals surface area contributed by atoms with E-state index in [1.807, 2.05) is 0 Å². The van der Waals surface area contributed by atoms with E-state index in [1.165, 1.54) is 6.07 Å². The van der Waals surface area contributed by atoms with Gasteiger partial charge in [0.2, 0.25) is 0 Å². The minimum atomic E-state index is -0.985. The third-order valence-corrected chi connectivity index (χ3v) is 3.97. The smallest absolute Gasteiger partial charge is 0.329 e. The summed E-state index contributed by atoms with van der Waals surface area (Å²) in [5.41, 5.74) is 0.745. The van der Waals surface area contributed by atoms with Crippen LogP contribution in [0.1, 0.15) is 39.6 Å².